The molecule has 7 nitrogen and oxygen atoms in total. The number of nitrogens with zero attached hydrogens (tertiary/aromatic N) is 5. The molecule has 2 aromatic heterocycles. The molecule has 0 amide bonds. The Labute approximate surface area is 194 Å². The van der Waals surface area contributed by atoms with Crippen molar-refractivity contribution >= 4 is 21.2 Å². The molecule has 1 aliphatic heterocycles. The van der Waals surface area contributed by atoms with E-state index >= 15 is 0 Å². The summed E-state index contributed by atoms with van der Waals surface area (Å²) in [6, 6.07) is 21.0. The van der Waals surface area contributed by atoms with Crippen LogP contribution in [0, 0.1) is 0 Å². The van der Waals surface area contributed by atoms with Gasteiger partial charge in [-0.3, -0.25) is 9.47 Å². The Hall–Kier alpha value is -3.07. The molecule has 0 atom stereocenters. The zero-order valence-corrected chi connectivity index (χ0v) is 19.4. The number of aromatic nitrogens is 3. The standard InChI is InChI=1S/C25H27N5O2S/c1-2-20-10-12-21(13-11-20)30-24(27-23-9-6-14-26-25(23)30)19-28-15-17-29(18-16-28)33(31,32)22-7-4-3-5-8-22/h3-14H,2,15-19H2,1H3. The highest BCUT2D eigenvalue weighted by atomic mass is 32.2. The van der Waals surface area contributed by atoms with E-state index in [4.69, 9.17) is 4.98 Å². The zero-order chi connectivity index (χ0) is 22.8. The van der Waals surface area contributed by atoms with E-state index < -0.39 is 10.0 Å². The van der Waals surface area contributed by atoms with Crippen LogP contribution in [-0.2, 0) is 23.0 Å². The van der Waals surface area contributed by atoms with Gasteiger partial charge in [0, 0.05) is 38.1 Å². The smallest absolute Gasteiger partial charge is 0.243 e. The van der Waals surface area contributed by atoms with E-state index in [1.54, 1.807) is 34.8 Å². The third-order valence-electron chi connectivity index (χ3n) is 6.17. The summed E-state index contributed by atoms with van der Waals surface area (Å²) >= 11 is 0. The average Bonchev–Trinajstić information content (AvgIpc) is 3.22. The lowest BCUT2D eigenvalue weighted by molar-refractivity contribution is 0.177. The van der Waals surface area contributed by atoms with E-state index in [-0.39, 0.29) is 0 Å². The fourth-order valence-electron chi connectivity index (χ4n) is 4.29. The highest BCUT2D eigenvalue weighted by molar-refractivity contribution is 7.89. The number of hydrogen-bond acceptors (Lipinski definition) is 5. The van der Waals surface area contributed by atoms with E-state index in [1.807, 2.05) is 18.2 Å². The van der Waals surface area contributed by atoms with Crippen LogP contribution >= 0.6 is 0 Å². The first-order valence-corrected chi connectivity index (χ1v) is 12.7. The van der Waals surface area contributed by atoms with E-state index in [1.165, 1.54) is 5.56 Å². The van der Waals surface area contributed by atoms with Crippen LogP contribution < -0.4 is 0 Å². The molecule has 4 aromatic rings. The van der Waals surface area contributed by atoms with Gasteiger partial charge >= 0.3 is 0 Å². The summed E-state index contributed by atoms with van der Waals surface area (Å²) in [6.45, 7) is 4.99. The van der Waals surface area contributed by atoms with Crippen molar-refractivity contribution in [3.63, 3.8) is 0 Å². The van der Waals surface area contributed by atoms with Crippen LogP contribution in [0.5, 0.6) is 0 Å². The van der Waals surface area contributed by atoms with Crippen LogP contribution in [0.2, 0.25) is 0 Å². The Kier molecular flexibility index (Phi) is 5.97. The van der Waals surface area contributed by atoms with Gasteiger partial charge in [-0.1, -0.05) is 37.3 Å². The minimum absolute atomic E-state index is 0.349. The van der Waals surface area contributed by atoms with E-state index in [0.717, 1.165) is 29.1 Å². The topological polar surface area (TPSA) is 71.3 Å². The summed E-state index contributed by atoms with van der Waals surface area (Å²) in [5.74, 6) is 0.910. The minimum atomic E-state index is -3.46. The molecule has 5 rings (SSSR count). The Morgan fingerprint density at radius 2 is 1.61 bits per heavy atom. The highest BCUT2D eigenvalue weighted by Crippen LogP contribution is 2.23. The number of rotatable bonds is 6. The van der Waals surface area contributed by atoms with Crippen LogP contribution in [0.25, 0.3) is 16.9 Å². The molecule has 0 N–H and O–H groups in total. The van der Waals surface area contributed by atoms with Crippen molar-refractivity contribution in [2.75, 3.05) is 26.2 Å². The molecule has 170 valence electrons. The minimum Gasteiger partial charge on any atom is -0.293 e. The van der Waals surface area contributed by atoms with Gasteiger partial charge in [-0.05, 0) is 48.4 Å². The summed E-state index contributed by atoms with van der Waals surface area (Å²) in [5, 5.41) is 0. The summed E-state index contributed by atoms with van der Waals surface area (Å²) in [6.07, 6.45) is 2.78. The van der Waals surface area contributed by atoms with Gasteiger partial charge in [-0.15, -0.1) is 0 Å². The average molecular weight is 462 g/mol. The number of pyridine rings is 1. The van der Waals surface area contributed by atoms with Gasteiger partial charge < -0.3 is 0 Å². The monoisotopic (exact) mass is 461 g/mol. The predicted octanol–water partition coefficient (Wildman–Crippen LogP) is 3.49. The van der Waals surface area contributed by atoms with Gasteiger partial charge in [0.2, 0.25) is 10.0 Å². The van der Waals surface area contributed by atoms with Crippen LogP contribution in [-0.4, -0.2) is 58.3 Å². The third-order valence-corrected chi connectivity index (χ3v) is 8.08. The molecule has 1 saturated heterocycles. The van der Waals surface area contributed by atoms with Crippen molar-refractivity contribution in [3.8, 4) is 5.69 Å². The summed E-state index contributed by atoms with van der Waals surface area (Å²) in [7, 11) is -3.46. The van der Waals surface area contributed by atoms with Gasteiger partial charge in [-0.25, -0.2) is 18.4 Å². The molecule has 33 heavy (non-hydrogen) atoms. The molecule has 3 heterocycles. The van der Waals surface area contributed by atoms with Crippen LogP contribution in [0.3, 0.4) is 0 Å². The number of sulfonamides is 1. The lowest BCUT2D eigenvalue weighted by atomic mass is 10.1. The summed E-state index contributed by atoms with van der Waals surface area (Å²) in [5.41, 5.74) is 4.02. The zero-order valence-electron chi connectivity index (χ0n) is 18.6. The fraction of sp³-hybridized carbons (Fsp3) is 0.280. The van der Waals surface area contributed by atoms with Gasteiger partial charge in [0.1, 0.15) is 11.3 Å². The van der Waals surface area contributed by atoms with Crippen molar-refractivity contribution in [1.82, 2.24) is 23.7 Å². The van der Waals surface area contributed by atoms with Gasteiger partial charge in [-0.2, -0.15) is 4.31 Å². The number of piperazine rings is 1. The van der Waals surface area contributed by atoms with Crippen molar-refractivity contribution in [2.45, 2.75) is 24.8 Å². The van der Waals surface area contributed by atoms with Gasteiger partial charge in [0.15, 0.2) is 5.65 Å². The molecule has 0 saturated carbocycles. The van der Waals surface area contributed by atoms with Crippen LogP contribution in [0.4, 0.5) is 0 Å². The molecule has 0 aliphatic carbocycles. The molecule has 1 aliphatic rings. The Bertz CT molecular complexity index is 1340. The van der Waals surface area contributed by atoms with Gasteiger partial charge in [0.05, 0.1) is 11.4 Å². The molecule has 8 heteroatoms. The van der Waals surface area contributed by atoms with Crippen molar-refractivity contribution in [1.29, 1.82) is 0 Å². The van der Waals surface area contributed by atoms with E-state index in [9.17, 15) is 8.42 Å². The molecule has 0 unspecified atom stereocenters. The summed E-state index contributed by atoms with van der Waals surface area (Å²) in [4.78, 5) is 12.1. The lowest BCUT2D eigenvalue weighted by Gasteiger charge is -2.33. The maximum atomic E-state index is 12.9. The van der Waals surface area contributed by atoms with Crippen molar-refractivity contribution < 1.29 is 8.42 Å². The van der Waals surface area contributed by atoms with Crippen molar-refractivity contribution in [3.05, 3.63) is 84.3 Å². The third kappa shape index (κ3) is 4.29. The van der Waals surface area contributed by atoms with E-state index in [2.05, 4.69) is 45.6 Å². The molecule has 0 bridgehead atoms. The number of benzene rings is 2. The van der Waals surface area contributed by atoms with Gasteiger partial charge in [0.25, 0.3) is 0 Å². The van der Waals surface area contributed by atoms with E-state index in [0.29, 0.717) is 37.6 Å². The maximum absolute atomic E-state index is 12.9. The SMILES string of the molecule is CCc1ccc(-n2c(CN3CCN(S(=O)(=O)c4ccccc4)CC3)nc3cccnc32)cc1. The Morgan fingerprint density at radius 1 is 0.879 bits per heavy atom. The first kappa shape index (κ1) is 21.8. The molecule has 2 aromatic carbocycles. The van der Waals surface area contributed by atoms with Crippen LogP contribution in [0.1, 0.15) is 18.3 Å². The fourth-order valence-corrected chi connectivity index (χ4v) is 5.73. The first-order valence-electron chi connectivity index (χ1n) is 11.3. The number of imidazole rings is 1. The Balaban J connectivity index is 1.37. The van der Waals surface area contributed by atoms with Crippen LogP contribution in [0.15, 0.2) is 77.8 Å². The predicted molar refractivity (Wildman–Crippen MR) is 129 cm³/mol. The quantitative estimate of drug-likeness (QED) is 0.440. The molecule has 1 fully saturated rings. The molecule has 0 radical (unpaired) electrons. The lowest BCUT2D eigenvalue weighted by Crippen LogP contribution is -2.48. The molecular weight excluding hydrogens is 434 g/mol. The second kappa shape index (κ2) is 9.05. The largest absolute Gasteiger partial charge is 0.293 e. The number of hydrogen-bond donors (Lipinski definition) is 0. The highest BCUT2D eigenvalue weighted by Gasteiger charge is 2.29. The number of aryl methyl sites for hydroxylation is 1. The second-order valence-corrected chi connectivity index (χ2v) is 10.2. The second-order valence-electron chi connectivity index (χ2n) is 8.22. The normalized spacial score (nSPS) is 15.8. The van der Waals surface area contributed by atoms with Crippen molar-refractivity contribution in [2.24, 2.45) is 0 Å². The summed E-state index contributed by atoms with van der Waals surface area (Å²) < 4.78 is 29.6. The molecule has 0 spiro atoms. The maximum Gasteiger partial charge on any atom is 0.243 e. The number of fused-ring (bicyclic) bond motifs is 1. The first-order chi connectivity index (χ1) is 16.1. The molecular formula is C25H27N5O2S. The Morgan fingerprint density at radius 3 is 2.30 bits per heavy atom.